The summed E-state index contributed by atoms with van der Waals surface area (Å²) < 4.78 is 0. The number of nitrogens with zero attached hydrogens (tertiary/aromatic N) is 3. The van der Waals surface area contributed by atoms with E-state index in [9.17, 15) is 0 Å². The van der Waals surface area contributed by atoms with Crippen molar-refractivity contribution in [3.05, 3.63) is 21.6 Å². The van der Waals surface area contributed by atoms with E-state index in [1.54, 1.807) is 11.3 Å². The van der Waals surface area contributed by atoms with Crippen molar-refractivity contribution in [2.24, 2.45) is 0 Å². The Kier molecular flexibility index (Phi) is 2.40. The van der Waals surface area contributed by atoms with E-state index in [-0.39, 0.29) is 0 Å². The van der Waals surface area contributed by atoms with E-state index >= 15 is 0 Å². The third-order valence-electron chi connectivity index (χ3n) is 2.27. The second-order valence-electron chi connectivity index (χ2n) is 3.39. The predicted molar refractivity (Wildman–Crippen MR) is 61.8 cm³/mol. The minimum atomic E-state index is 0.531. The molecule has 0 amide bonds. The number of thiazole rings is 1. The van der Waals surface area contributed by atoms with Gasteiger partial charge in [-0.3, -0.25) is 0 Å². The van der Waals surface area contributed by atoms with Gasteiger partial charge in [0.25, 0.3) is 0 Å². The highest BCUT2D eigenvalue weighted by atomic mass is 32.1. The van der Waals surface area contributed by atoms with Gasteiger partial charge in [-0.2, -0.15) is 0 Å². The lowest BCUT2D eigenvalue weighted by molar-refractivity contribution is 1.07. The average molecular weight is 220 g/mol. The van der Waals surface area contributed by atoms with Gasteiger partial charge in [0.1, 0.15) is 11.5 Å². The molecular formula is C10H12N4S. The van der Waals surface area contributed by atoms with Gasteiger partial charge in [-0.25, -0.2) is 15.0 Å². The molecule has 2 rings (SSSR count). The Morgan fingerprint density at radius 3 is 2.40 bits per heavy atom. The Morgan fingerprint density at radius 2 is 1.87 bits per heavy atom. The van der Waals surface area contributed by atoms with Crippen LogP contribution in [0.1, 0.15) is 16.3 Å². The fourth-order valence-electron chi connectivity index (χ4n) is 1.23. The third kappa shape index (κ3) is 1.83. The molecule has 0 saturated heterocycles. The second kappa shape index (κ2) is 3.58. The van der Waals surface area contributed by atoms with Crippen LogP contribution in [-0.2, 0) is 0 Å². The van der Waals surface area contributed by atoms with Crippen LogP contribution in [0.5, 0.6) is 0 Å². The van der Waals surface area contributed by atoms with Crippen LogP contribution in [0.15, 0.2) is 5.38 Å². The first-order valence-corrected chi connectivity index (χ1v) is 5.49. The zero-order chi connectivity index (χ0) is 11.0. The van der Waals surface area contributed by atoms with E-state index in [2.05, 4.69) is 15.0 Å². The molecule has 2 aromatic rings. The highest BCUT2D eigenvalue weighted by Crippen LogP contribution is 2.21. The van der Waals surface area contributed by atoms with E-state index in [0.717, 1.165) is 22.0 Å². The van der Waals surface area contributed by atoms with Gasteiger partial charge in [0.2, 0.25) is 0 Å². The van der Waals surface area contributed by atoms with Crippen molar-refractivity contribution < 1.29 is 0 Å². The fraction of sp³-hybridized carbons (Fsp3) is 0.300. The fourth-order valence-corrected chi connectivity index (χ4v) is 1.82. The number of aryl methyl sites for hydroxylation is 2. The summed E-state index contributed by atoms with van der Waals surface area (Å²) in [4.78, 5) is 12.9. The van der Waals surface area contributed by atoms with Crippen LogP contribution in [0.2, 0.25) is 0 Å². The number of nitrogens with two attached hydrogens (primary N) is 1. The first kappa shape index (κ1) is 10.0. The maximum Gasteiger partial charge on any atom is 0.181 e. The van der Waals surface area contributed by atoms with E-state index in [1.165, 1.54) is 0 Å². The summed E-state index contributed by atoms with van der Waals surface area (Å²) in [5, 5.41) is 2.95. The normalized spacial score (nSPS) is 10.6. The maximum atomic E-state index is 5.79. The van der Waals surface area contributed by atoms with Gasteiger partial charge >= 0.3 is 0 Å². The summed E-state index contributed by atoms with van der Waals surface area (Å²) in [5.41, 5.74) is 8.43. The summed E-state index contributed by atoms with van der Waals surface area (Å²) >= 11 is 1.58. The van der Waals surface area contributed by atoms with E-state index < -0.39 is 0 Å². The van der Waals surface area contributed by atoms with E-state index in [4.69, 9.17) is 5.73 Å². The number of hydrogen-bond donors (Lipinski definition) is 1. The summed E-state index contributed by atoms with van der Waals surface area (Å²) in [7, 11) is 0. The van der Waals surface area contributed by atoms with Crippen LogP contribution in [0.25, 0.3) is 11.5 Å². The Bertz CT molecular complexity index is 481. The number of rotatable bonds is 1. The quantitative estimate of drug-likeness (QED) is 0.799. The molecule has 0 aliphatic rings. The van der Waals surface area contributed by atoms with Gasteiger partial charge < -0.3 is 5.73 Å². The van der Waals surface area contributed by atoms with Gasteiger partial charge in [0, 0.05) is 16.6 Å². The Balaban J connectivity index is 2.55. The van der Waals surface area contributed by atoms with Gasteiger partial charge in [-0.1, -0.05) is 0 Å². The van der Waals surface area contributed by atoms with Crippen LogP contribution in [0, 0.1) is 20.8 Å². The molecule has 0 radical (unpaired) electrons. The number of hydrogen-bond acceptors (Lipinski definition) is 5. The molecule has 78 valence electrons. The summed E-state index contributed by atoms with van der Waals surface area (Å²) in [5.74, 6) is 1.14. The Labute approximate surface area is 92.2 Å². The zero-order valence-electron chi connectivity index (χ0n) is 8.90. The van der Waals surface area contributed by atoms with Gasteiger partial charge in [-0.15, -0.1) is 11.3 Å². The van der Waals surface area contributed by atoms with Crippen molar-refractivity contribution in [3.63, 3.8) is 0 Å². The molecule has 5 heteroatoms. The molecule has 0 atom stereocenters. The zero-order valence-corrected chi connectivity index (χ0v) is 9.72. The molecular weight excluding hydrogens is 208 g/mol. The molecule has 15 heavy (non-hydrogen) atoms. The molecule has 0 unspecified atom stereocenters. The molecule has 0 fully saturated rings. The van der Waals surface area contributed by atoms with Crippen LogP contribution in [0.4, 0.5) is 5.82 Å². The van der Waals surface area contributed by atoms with Crippen LogP contribution in [0.3, 0.4) is 0 Å². The molecule has 0 saturated carbocycles. The van der Waals surface area contributed by atoms with Crippen molar-refractivity contribution in [2.75, 3.05) is 5.73 Å². The molecule has 2 heterocycles. The minimum absolute atomic E-state index is 0.531. The Hall–Kier alpha value is -1.49. The van der Waals surface area contributed by atoms with Crippen molar-refractivity contribution >= 4 is 17.2 Å². The maximum absolute atomic E-state index is 5.79. The summed E-state index contributed by atoms with van der Waals surface area (Å²) in [6, 6.07) is 0. The van der Waals surface area contributed by atoms with Crippen molar-refractivity contribution in [1.29, 1.82) is 0 Å². The lowest BCUT2D eigenvalue weighted by Gasteiger charge is -2.04. The van der Waals surface area contributed by atoms with Crippen molar-refractivity contribution in [2.45, 2.75) is 20.8 Å². The highest BCUT2D eigenvalue weighted by molar-refractivity contribution is 7.09. The predicted octanol–water partition coefficient (Wildman–Crippen LogP) is 2.11. The Morgan fingerprint density at radius 1 is 1.13 bits per heavy atom. The minimum Gasteiger partial charge on any atom is -0.383 e. The number of aromatic nitrogens is 3. The first-order valence-electron chi connectivity index (χ1n) is 4.61. The van der Waals surface area contributed by atoms with Crippen LogP contribution >= 0.6 is 11.3 Å². The lowest BCUT2D eigenvalue weighted by atomic mass is 10.2. The van der Waals surface area contributed by atoms with E-state index in [1.807, 2.05) is 26.2 Å². The van der Waals surface area contributed by atoms with Gasteiger partial charge in [-0.05, 0) is 20.8 Å². The third-order valence-corrected chi connectivity index (χ3v) is 3.05. The molecule has 2 aromatic heterocycles. The van der Waals surface area contributed by atoms with Crippen LogP contribution < -0.4 is 5.73 Å². The molecule has 0 spiro atoms. The van der Waals surface area contributed by atoms with E-state index in [0.29, 0.717) is 11.6 Å². The standard InChI is InChI=1S/C10H12N4S/c1-5-6(2)12-10(14-9(5)11)8-4-15-7(3)13-8/h4H,1-3H3,(H2,11,12,14). The lowest BCUT2D eigenvalue weighted by Crippen LogP contribution is -2.02. The molecule has 0 aliphatic heterocycles. The molecule has 0 aliphatic carbocycles. The van der Waals surface area contributed by atoms with Crippen molar-refractivity contribution in [1.82, 2.24) is 15.0 Å². The van der Waals surface area contributed by atoms with Crippen LogP contribution in [-0.4, -0.2) is 15.0 Å². The highest BCUT2D eigenvalue weighted by Gasteiger charge is 2.09. The molecule has 0 bridgehead atoms. The van der Waals surface area contributed by atoms with Gasteiger partial charge in [0.15, 0.2) is 5.82 Å². The monoisotopic (exact) mass is 220 g/mol. The number of nitrogen functional groups attached to an aromatic ring is 1. The molecule has 0 aromatic carbocycles. The van der Waals surface area contributed by atoms with Gasteiger partial charge in [0.05, 0.1) is 5.01 Å². The largest absolute Gasteiger partial charge is 0.383 e. The molecule has 4 nitrogen and oxygen atoms in total. The molecule has 2 N–H and O–H groups in total. The number of anilines is 1. The smallest absolute Gasteiger partial charge is 0.181 e. The summed E-state index contributed by atoms with van der Waals surface area (Å²) in [6.07, 6.45) is 0. The topological polar surface area (TPSA) is 64.7 Å². The average Bonchev–Trinajstić information content (AvgIpc) is 2.60. The SMILES string of the molecule is Cc1nc(-c2nc(C)c(C)c(N)n2)cs1. The second-order valence-corrected chi connectivity index (χ2v) is 4.46. The van der Waals surface area contributed by atoms with Crippen molar-refractivity contribution in [3.8, 4) is 11.5 Å². The first-order chi connectivity index (χ1) is 7.08. The summed E-state index contributed by atoms with van der Waals surface area (Å²) in [6.45, 7) is 5.80.